The van der Waals surface area contributed by atoms with Crippen molar-refractivity contribution < 1.29 is 9.18 Å². The van der Waals surface area contributed by atoms with Crippen LogP contribution in [-0.2, 0) is 11.3 Å². The van der Waals surface area contributed by atoms with E-state index in [1.165, 1.54) is 43.2 Å². The Morgan fingerprint density at radius 1 is 1.36 bits per heavy atom. The molecule has 1 heterocycles. The zero-order valence-electron chi connectivity index (χ0n) is 16.4. The summed E-state index contributed by atoms with van der Waals surface area (Å²) in [5, 5.41) is 12.1. The van der Waals surface area contributed by atoms with Crippen molar-refractivity contribution in [3.8, 4) is 11.4 Å². The molecule has 3 atom stereocenters. The first-order chi connectivity index (χ1) is 13.5. The lowest BCUT2D eigenvalue weighted by atomic mass is 9.86. The van der Waals surface area contributed by atoms with E-state index in [0.29, 0.717) is 23.4 Å². The van der Waals surface area contributed by atoms with Crippen molar-refractivity contribution in [2.45, 2.75) is 62.5 Å². The SMILES string of the molecule is C=CCn1c(S[C@H](C)C(=O)N[C@@H]2CCCC[C@H]2C)nnc1-c1ccc(F)cc1. The Labute approximate surface area is 169 Å². The van der Waals surface area contributed by atoms with E-state index in [9.17, 15) is 9.18 Å². The van der Waals surface area contributed by atoms with Gasteiger partial charge in [-0.15, -0.1) is 16.8 Å². The Kier molecular flexibility index (Phi) is 6.88. The summed E-state index contributed by atoms with van der Waals surface area (Å²) in [6.07, 6.45) is 6.39. The van der Waals surface area contributed by atoms with Gasteiger partial charge >= 0.3 is 0 Å². The van der Waals surface area contributed by atoms with E-state index in [1.54, 1.807) is 18.2 Å². The van der Waals surface area contributed by atoms with Gasteiger partial charge in [-0.3, -0.25) is 9.36 Å². The lowest BCUT2D eigenvalue weighted by molar-refractivity contribution is -0.121. The molecule has 1 aliphatic rings. The number of allylic oxidation sites excluding steroid dienone is 1. The Bertz CT molecular complexity index is 820. The van der Waals surface area contributed by atoms with Gasteiger partial charge < -0.3 is 5.32 Å². The maximum absolute atomic E-state index is 13.2. The van der Waals surface area contributed by atoms with Gasteiger partial charge in [0.1, 0.15) is 5.82 Å². The van der Waals surface area contributed by atoms with Crippen molar-refractivity contribution >= 4 is 17.7 Å². The monoisotopic (exact) mass is 402 g/mol. The number of rotatable bonds is 7. The highest BCUT2D eigenvalue weighted by atomic mass is 32.2. The molecule has 0 spiro atoms. The van der Waals surface area contributed by atoms with E-state index < -0.39 is 0 Å². The summed E-state index contributed by atoms with van der Waals surface area (Å²) in [5.41, 5.74) is 0.774. The molecule has 1 saturated carbocycles. The number of aromatic nitrogens is 3. The van der Waals surface area contributed by atoms with Crippen molar-refractivity contribution in [1.82, 2.24) is 20.1 Å². The molecule has 0 unspecified atom stereocenters. The molecule has 2 aromatic rings. The molecule has 150 valence electrons. The molecular formula is C21H27FN4OS. The summed E-state index contributed by atoms with van der Waals surface area (Å²) in [4.78, 5) is 12.7. The molecule has 1 amide bonds. The van der Waals surface area contributed by atoms with E-state index in [2.05, 4.69) is 29.0 Å². The van der Waals surface area contributed by atoms with Gasteiger partial charge in [0.15, 0.2) is 11.0 Å². The van der Waals surface area contributed by atoms with Crippen molar-refractivity contribution in [2.24, 2.45) is 5.92 Å². The Balaban J connectivity index is 1.73. The number of carbonyl (C=O) groups excluding carboxylic acids is 1. The third kappa shape index (κ3) is 4.82. The lowest BCUT2D eigenvalue weighted by Crippen LogP contribution is -2.44. The van der Waals surface area contributed by atoms with E-state index in [4.69, 9.17) is 0 Å². The van der Waals surface area contributed by atoms with Crippen LogP contribution in [0.3, 0.4) is 0 Å². The molecule has 1 aliphatic carbocycles. The number of carbonyl (C=O) groups is 1. The van der Waals surface area contributed by atoms with E-state index in [-0.39, 0.29) is 23.0 Å². The summed E-state index contributed by atoms with van der Waals surface area (Å²) < 4.78 is 15.1. The predicted molar refractivity (Wildman–Crippen MR) is 110 cm³/mol. The molecule has 1 fully saturated rings. The predicted octanol–water partition coefficient (Wildman–Crippen LogP) is 4.45. The minimum atomic E-state index is -0.296. The summed E-state index contributed by atoms with van der Waals surface area (Å²) in [7, 11) is 0. The summed E-state index contributed by atoms with van der Waals surface area (Å²) in [6, 6.07) is 6.40. The van der Waals surface area contributed by atoms with Gasteiger partial charge in [0.2, 0.25) is 5.91 Å². The third-order valence-corrected chi connectivity index (χ3v) is 6.30. The third-order valence-electron chi connectivity index (χ3n) is 5.22. The summed E-state index contributed by atoms with van der Waals surface area (Å²) in [6.45, 7) is 8.40. The van der Waals surface area contributed by atoms with Gasteiger partial charge in [-0.2, -0.15) is 0 Å². The van der Waals surface area contributed by atoms with Crippen LogP contribution in [0.15, 0.2) is 42.1 Å². The second-order valence-electron chi connectivity index (χ2n) is 7.35. The molecule has 0 radical (unpaired) electrons. The van der Waals surface area contributed by atoms with Crippen LogP contribution in [0, 0.1) is 11.7 Å². The van der Waals surface area contributed by atoms with E-state index in [0.717, 1.165) is 12.0 Å². The normalized spacial score (nSPS) is 20.5. The summed E-state index contributed by atoms with van der Waals surface area (Å²) in [5.74, 6) is 0.885. The van der Waals surface area contributed by atoms with Gasteiger partial charge in [-0.05, 0) is 49.9 Å². The molecule has 1 aromatic carbocycles. The van der Waals surface area contributed by atoms with Gasteiger partial charge in [0, 0.05) is 18.2 Å². The van der Waals surface area contributed by atoms with Gasteiger partial charge in [-0.25, -0.2) is 4.39 Å². The highest BCUT2D eigenvalue weighted by Crippen LogP contribution is 2.28. The maximum atomic E-state index is 13.2. The topological polar surface area (TPSA) is 59.8 Å². The lowest BCUT2D eigenvalue weighted by Gasteiger charge is -2.30. The van der Waals surface area contributed by atoms with Crippen molar-refractivity contribution in [3.63, 3.8) is 0 Å². The average Bonchev–Trinajstić information content (AvgIpc) is 3.07. The molecular weight excluding hydrogens is 375 g/mol. The molecule has 0 saturated heterocycles. The smallest absolute Gasteiger partial charge is 0.233 e. The van der Waals surface area contributed by atoms with Crippen LogP contribution in [0.5, 0.6) is 0 Å². The quantitative estimate of drug-likeness (QED) is 0.549. The van der Waals surface area contributed by atoms with Crippen LogP contribution >= 0.6 is 11.8 Å². The van der Waals surface area contributed by atoms with Gasteiger partial charge in [0.25, 0.3) is 0 Å². The van der Waals surface area contributed by atoms with E-state index in [1.807, 2.05) is 11.5 Å². The second-order valence-corrected chi connectivity index (χ2v) is 8.66. The highest BCUT2D eigenvalue weighted by molar-refractivity contribution is 8.00. The molecule has 7 heteroatoms. The minimum Gasteiger partial charge on any atom is -0.352 e. The van der Waals surface area contributed by atoms with Crippen LogP contribution < -0.4 is 5.32 Å². The molecule has 28 heavy (non-hydrogen) atoms. The Hall–Kier alpha value is -2.15. The first kappa shape index (κ1) is 20.6. The molecule has 3 rings (SSSR count). The summed E-state index contributed by atoms with van der Waals surface area (Å²) >= 11 is 1.38. The molecule has 1 aromatic heterocycles. The number of nitrogens with zero attached hydrogens (tertiary/aromatic N) is 3. The number of thioether (sulfide) groups is 1. The fourth-order valence-corrected chi connectivity index (χ4v) is 4.39. The van der Waals surface area contributed by atoms with Gasteiger partial charge in [0.05, 0.1) is 5.25 Å². The fraction of sp³-hybridized carbons (Fsp3) is 0.476. The number of amides is 1. The second kappa shape index (κ2) is 9.37. The maximum Gasteiger partial charge on any atom is 0.233 e. The number of halogens is 1. The van der Waals surface area contributed by atoms with Crippen molar-refractivity contribution in [3.05, 3.63) is 42.7 Å². The number of benzene rings is 1. The molecule has 0 aliphatic heterocycles. The minimum absolute atomic E-state index is 0.0280. The highest BCUT2D eigenvalue weighted by Gasteiger charge is 2.26. The molecule has 5 nitrogen and oxygen atoms in total. The van der Waals surface area contributed by atoms with Crippen molar-refractivity contribution in [2.75, 3.05) is 0 Å². The average molecular weight is 403 g/mol. The molecule has 1 N–H and O–H groups in total. The first-order valence-electron chi connectivity index (χ1n) is 9.76. The number of hydrogen-bond donors (Lipinski definition) is 1. The van der Waals surface area contributed by atoms with E-state index >= 15 is 0 Å². The van der Waals surface area contributed by atoms with Crippen LogP contribution in [0.25, 0.3) is 11.4 Å². The zero-order valence-corrected chi connectivity index (χ0v) is 17.2. The van der Waals surface area contributed by atoms with Crippen molar-refractivity contribution in [1.29, 1.82) is 0 Å². The molecule has 0 bridgehead atoms. The zero-order chi connectivity index (χ0) is 20.1. The van der Waals surface area contributed by atoms with Crippen LogP contribution in [0.1, 0.15) is 39.5 Å². The first-order valence-corrected chi connectivity index (χ1v) is 10.6. The standard InChI is InChI=1S/C21H27FN4OS/c1-4-13-26-19(16-9-11-17(22)12-10-16)24-25-21(26)28-15(3)20(27)23-18-8-6-5-7-14(18)2/h4,9-12,14-15,18H,1,5-8,13H2,2-3H3,(H,23,27)/t14-,15-,18-/m1/s1. The number of hydrogen-bond acceptors (Lipinski definition) is 4. The van der Waals surface area contributed by atoms with Gasteiger partial charge in [-0.1, -0.05) is 37.6 Å². The Morgan fingerprint density at radius 2 is 2.07 bits per heavy atom. The fourth-order valence-electron chi connectivity index (χ4n) is 3.52. The Morgan fingerprint density at radius 3 is 2.75 bits per heavy atom. The van der Waals surface area contributed by atoms with Crippen LogP contribution in [-0.4, -0.2) is 32.0 Å². The number of nitrogens with one attached hydrogen (secondary N) is 1. The largest absolute Gasteiger partial charge is 0.352 e. The van der Waals surface area contributed by atoms with Crippen LogP contribution in [0.4, 0.5) is 4.39 Å². The van der Waals surface area contributed by atoms with Crippen LogP contribution in [0.2, 0.25) is 0 Å².